The highest BCUT2D eigenvalue weighted by atomic mass is 16.4. The average molecular weight is 260 g/mol. The lowest BCUT2D eigenvalue weighted by Crippen LogP contribution is -1.99. The van der Waals surface area contributed by atoms with Crippen molar-refractivity contribution in [3.8, 4) is 11.1 Å². The number of aromatic carboxylic acids is 1. The van der Waals surface area contributed by atoms with Crippen LogP contribution in [0.4, 0.5) is 0 Å². The molecular formula is C14H16N2O3. The number of carboxylic acids is 1. The van der Waals surface area contributed by atoms with E-state index < -0.39 is 5.97 Å². The van der Waals surface area contributed by atoms with E-state index in [1.807, 2.05) is 20.0 Å². The molecule has 0 amide bonds. The van der Waals surface area contributed by atoms with Crippen LogP contribution in [0, 0.1) is 6.92 Å². The van der Waals surface area contributed by atoms with Crippen molar-refractivity contribution < 1.29 is 15.0 Å². The molecule has 2 rings (SSSR count). The van der Waals surface area contributed by atoms with Gasteiger partial charge in [0.2, 0.25) is 0 Å². The minimum Gasteiger partial charge on any atom is -0.478 e. The van der Waals surface area contributed by atoms with E-state index in [0.717, 1.165) is 23.4 Å². The standard InChI is InChI=1S/C14H16N2O3/c1-3-16-7-13(9(2)15-16)11-4-10(8-17)5-12(6-11)14(18)19/h4-7,17H,3,8H2,1-2H3,(H,18,19). The van der Waals surface area contributed by atoms with Crippen LogP contribution < -0.4 is 0 Å². The predicted molar refractivity (Wildman–Crippen MR) is 71.0 cm³/mol. The maximum atomic E-state index is 11.1. The number of aryl methyl sites for hydroxylation is 2. The van der Waals surface area contributed by atoms with E-state index in [2.05, 4.69) is 5.10 Å². The molecular weight excluding hydrogens is 244 g/mol. The SMILES string of the molecule is CCn1cc(-c2cc(CO)cc(C(=O)O)c2)c(C)n1. The number of aliphatic hydroxyl groups excluding tert-OH is 1. The normalized spacial score (nSPS) is 10.7. The zero-order valence-electron chi connectivity index (χ0n) is 10.9. The van der Waals surface area contributed by atoms with Gasteiger partial charge in [-0.2, -0.15) is 5.10 Å². The molecule has 0 spiro atoms. The van der Waals surface area contributed by atoms with Crippen LogP contribution in [0.1, 0.15) is 28.5 Å². The van der Waals surface area contributed by atoms with Gasteiger partial charge in [-0.05, 0) is 43.2 Å². The van der Waals surface area contributed by atoms with Crippen molar-refractivity contribution >= 4 is 5.97 Å². The number of hydrogen-bond donors (Lipinski definition) is 2. The summed E-state index contributed by atoms with van der Waals surface area (Å²) in [5, 5.41) is 22.7. The zero-order chi connectivity index (χ0) is 14.0. The topological polar surface area (TPSA) is 75.4 Å². The average Bonchev–Trinajstić information content (AvgIpc) is 2.79. The Bertz CT molecular complexity index is 617. The lowest BCUT2D eigenvalue weighted by atomic mass is 10.0. The summed E-state index contributed by atoms with van der Waals surface area (Å²) in [5.74, 6) is -1.00. The quantitative estimate of drug-likeness (QED) is 0.882. The highest BCUT2D eigenvalue weighted by Gasteiger charge is 2.12. The van der Waals surface area contributed by atoms with E-state index in [9.17, 15) is 9.90 Å². The van der Waals surface area contributed by atoms with E-state index >= 15 is 0 Å². The first-order chi connectivity index (χ1) is 9.05. The fraction of sp³-hybridized carbons (Fsp3) is 0.286. The molecule has 0 saturated heterocycles. The molecule has 1 aromatic heterocycles. The molecule has 2 N–H and O–H groups in total. The second-order valence-electron chi connectivity index (χ2n) is 4.37. The van der Waals surface area contributed by atoms with Gasteiger partial charge >= 0.3 is 5.97 Å². The van der Waals surface area contributed by atoms with E-state index in [1.54, 1.807) is 16.8 Å². The summed E-state index contributed by atoms with van der Waals surface area (Å²) in [4.78, 5) is 11.1. The van der Waals surface area contributed by atoms with Gasteiger partial charge < -0.3 is 10.2 Å². The number of benzene rings is 1. The van der Waals surface area contributed by atoms with Crippen LogP contribution in [0.15, 0.2) is 24.4 Å². The third-order valence-electron chi connectivity index (χ3n) is 3.00. The molecule has 5 heteroatoms. The van der Waals surface area contributed by atoms with Crippen molar-refractivity contribution in [1.29, 1.82) is 0 Å². The van der Waals surface area contributed by atoms with E-state index in [0.29, 0.717) is 5.56 Å². The van der Waals surface area contributed by atoms with Gasteiger partial charge in [0.15, 0.2) is 0 Å². The van der Waals surface area contributed by atoms with Crippen LogP contribution in [0.2, 0.25) is 0 Å². The van der Waals surface area contributed by atoms with Crippen LogP contribution in [0.3, 0.4) is 0 Å². The van der Waals surface area contributed by atoms with Gasteiger partial charge in [0.25, 0.3) is 0 Å². The fourth-order valence-electron chi connectivity index (χ4n) is 2.03. The first-order valence-corrected chi connectivity index (χ1v) is 6.07. The molecule has 19 heavy (non-hydrogen) atoms. The molecule has 0 saturated carbocycles. The zero-order valence-corrected chi connectivity index (χ0v) is 10.9. The van der Waals surface area contributed by atoms with Crippen molar-refractivity contribution in [2.45, 2.75) is 27.0 Å². The molecule has 0 radical (unpaired) electrons. The van der Waals surface area contributed by atoms with Gasteiger partial charge in [0, 0.05) is 18.3 Å². The first kappa shape index (κ1) is 13.3. The number of rotatable bonds is 4. The monoisotopic (exact) mass is 260 g/mol. The minimum absolute atomic E-state index is 0.171. The number of aromatic nitrogens is 2. The van der Waals surface area contributed by atoms with Crippen LogP contribution in [0.25, 0.3) is 11.1 Å². The second kappa shape index (κ2) is 5.24. The summed E-state index contributed by atoms with van der Waals surface area (Å²) in [7, 11) is 0. The molecule has 0 aliphatic carbocycles. The molecule has 0 atom stereocenters. The van der Waals surface area contributed by atoms with Gasteiger partial charge in [0.05, 0.1) is 17.9 Å². The molecule has 0 unspecified atom stereocenters. The van der Waals surface area contributed by atoms with Crippen molar-refractivity contribution in [2.75, 3.05) is 0 Å². The molecule has 5 nitrogen and oxygen atoms in total. The Labute approximate surface area is 111 Å². The molecule has 2 aromatic rings. The Morgan fingerprint density at radius 2 is 2.11 bits per heavy atom. The number of hydrogen-bond acceptors (Lipinski definition) is 3. The van der Waals surface area contributed by atoms with Crippen LogP contribution in [-0.4, -0.2) is 26.0 Å². The molecule has 0 aliphatic heterocycles. The Morgan fingerprint density at radius 1 is 1.37 bits per heavy atom. The molecule has 1 heterocycles. The number of carboxylic acid groups (broad SMARTS) is 1. The van der Waals surface area contributed by atoms with Crippen molar-refractivity contribution in [1.82, 2.24) is 9.78 Å². The van der Waals surface area contributed by atoms with Crippen LogP contribution in [0.5, 0.6) is 0 Å². The largest absolute Gasteiger partial charge is 0.478 e. The molecule has 0 fully saturated rings. The first-order valence-electron chi connectivity index (χ1n) is 6.07. The Morgan fingerprint density at radius 3 is 2.63 bits per heavy atom. The maximum Gasteiger partial charge on any atom is 0.335 e. The van der Waals surface area contributed by atoms with Gasteiger partial charge in [0.1, 0.15) is 0 Å². The lowest BCUT2D eigenvalue weighted by Gasteiger charge is -2.05. The molecule has 1 aromatic carbocycles. The summed E-state index contributed by atoms with van der Waals surface area (Å²) in [5.41, 5.74) is 3.25. The summed E-state index contributed by atoms with van der Waals surface area (Å²) in [6.45, 7) is 4.44. The third-order valence-corrected chi connectivity index (χ3v) is 3.00. The van der Waals surface area contributed by atoms with Gasteiger partial charge in [-0.15, -0.1) is 0 Å². The summed E-state index contributed by atoms with van der Waals surface area (Å²) >= 11 is 0. The smallest absolute Gasteiger partial charge is 0.335 e. The molecule has 100 valence electrons. The van der Waals surface area contributed by atoms with E-state index in [-0.39, 0.29) is 12.2 Å². The van der Waals surface area contributed by atoms with Crippen LogP contribution >= 0.6 is 0 Å². The second-order valence-corrected chi connectivity index (χ2v) is 4.37. The fourth-order valence-corrected chi connectivity index (χ4v) is 2.03. The molecule has 0 aliphatic rings. The lowest BCUT2D eigenvalue weighted by molar-refractivity contribution is 0.0696. The number of nitrogens with zero attached hydrogens (tertiary/aromatic N) is 2. The van der Waals surface area contributed by atoms with Gasteiger partial charge in [-0.25, -0.2) is 4.79 Å². The van der Waals surface area contributed by atoms with Crippen LogP contribution in [-0.2, 0) is 13.2 Å². The number of aliphatic hydroxyl groups is 1. The Balaban J connectivity index is 2.57. The summed E-state index contributed by atoms with van der Waals surface area (Å²) in [6, 6.07) is 4.87. The van der Waals surface area contributed by atoms with Crippen molar-refractivity contribution in [3.63, 3.8) is 0 Å². The predicted octanol–water partition coefficient (Wildman–Crippen LogP) is 2.07. The highest BCUT2D eigenvalue weighted by molar-refractivity contribution is 5.90. The Kier molecular flexibility index (Phi) is 3.66. The third kappa shape index (κ3) is 2.66. The molecule has 0 bridgehead atoms. The highest BCUT2D eigenvalue weighted by Crippen LogP contribution is 2.25. The maximum absolute atomic E-state index is 11.1. The summed E-state index contributed by atoms with van der Waals surface area (Å²) < 4.78 is 1.80. The van der Waals surface area contributed by atoms with E-state index in [1.165, 1.54) is 6.07 Å². The van der Waals surface area contributed by atoms with Gasteiger partial charge in [-0.1, -0.05) is 0 Å². The summed E-state index contributed by atoms with van der Waals surface area (Å²) in [6.07, 6.45) is 1.89. The Hall–Kier alpha value is -2.14. The van der Waals surface area contributed by atoms with Crippen molar-refractivity contribution in [3.05, 3.63) is 41.2 Å². The van der Waals surface area contributed by atoms with E-state index in [4.69, 9.17) is 5.11 Å². The van der Waals surface area contributed by atoms with Gasteiger partial charge in [-0.3, -0.25) is 4.68 Å². The van der Waals surface area contributed by atoms with Crippen molar-refractivity contribution in [2.24, 2.45) is 0 Å². The minimum atomic E-state index is -1.00. The number of carbonyl (C=O) groups is 1.